The summed E-state index contributed by atoms with van der Waals surface area (Å²) in [5.74, 6) is 0. The van der Waals surface area contributed by atoms with Gasteiger partial charge in [0.1, 0.15) is 0 Å². The average Bonchev–Trinajstić information content (AvgIpc) is 2.01. The molecule has 5 heteroatoms. The number of carboxylic acid groups (broad SMARTS) is 1. The monoisotopic (exact) mass is 189 g/mol. The standard InChI is InChI=1S/C8H15NO4/c1-5-3-6(4-7(10)13-5)9(2)8(11)12/h5-7,10H,3-4H2,1-2H3,(H,11,12). The molecule has 13 heavy (non-hydrogen) atoms. The Labute approximate surface area is 76.9 Å². The summed E-state index contributed by atoms with van der Waals surface area (Å²) in [5, 5.41) is 17.9. The number of hydrogen-bond donors (Lipinski definition) is 2. The number of nitrogens with zero attached hydrogens (tertiary/aromatic N) is 1. The molecule has 1 heterocycles. The van der Waals surface area contributed by atoms with Crippen LogP contribution in [0.4, 0.5) is 4.79 Å². The number of rotatable bonds is 1. The molecule has 0 aromatic rings. The molecule has 2 N–H and O–H groups in total. The lowest BCUT2D eigenvalue weighted by atomic mass is 10.0. The summed E-state index contributed by atoms with van der Waals surface area (Å²) in [7, 11) is 1.51. The van der Waals surface area contributed by atoms with Crippen molar-refractivity contribution in [2.24, 2.45) is 0 Å². The Hall–Kier alpha value is -0.810. The Bertz CT molecular complexity index is 187. The summed E-state index contributed by atoms with van der Waals surface area (Å²) < 4.78 is 5.08. The van der Waals surface area contributed by atoms with Crippen molar-refractivity contribution in [2.45, 2.75) is 38.2 Å². The Balaban J connectivity index is 2.54. The van der Waals surface area contributed by atoms with Gasteiger partial charge in [0.15, 0.2) is 6.29 Å². The third-order valence-electron chi connectivity index (χ3n) is 2.32. The van der Waals surface area contributed by atoms with Gasteiger partial charge in [-0.3, -0.25) is 0 Å². The van der Waals surface area contributed by atoms with Crippen LogP contribution in [0.1, 0.15) is 19.8 Å². The van der Waals surface area contributed by atoms with E-state index in [0.29, 0.717) is 12.8 Å². The van der Waals surface area contributed by atoms with E-state index in [-0.39, 0.29) is 12.1 Å². The first-order valence-electron chi connectivity index (χ1n) is 4.30. The van der Waals surface area contributed by atoms with Crippen LogP contribution in [-0.4, -0.2) is 46.7 Å². The Kier molecular flexibility index (Phi) is 3.11. The van der Waals surface area contributed by atoms with Crippen molar-refractivity contribution < 1.29 is 19.7 Å². The van der Waals surface area contributed by atoms with Crippen LogP contribution >= 0.6 is 0 Å². The highest BCUT2D eigenvalue weighted by molar-refractivity contribution is 5.64. The van der Waals surface area contributed by atoms with Crippen molar-refractivity contribution in [1.29, 1.82) is 0 Å². The second-order valence-corrected chi connectivity index (χ2v) is 3.42. The highest BCUT2D eigenvalue weighted by Gasteiger charge is 2.30. The van der Waals surface area contributed by atoms with Crippen LogP contribution in [0.5, 0.6) is 0 Å². The number of ether oxygens (including phenoxy) is 1. The number of aliphatic hydroxyl groups is 1. The molecular weight excluding hydrogens is 174 g/mol. The minimum atomic E-state index is -0.966. The molecule has 3 atom stereocenters. The zero-order chi connectivity index (χ0) is 10.0. The molecule has 1 aliphatic rings. The summed E-state index contributed by atoms with van der Waals surface area (Å²) in [6.07, 6.45) is -0.898. The lowest BCUT2D eigenvalue weighted by molar-refractivity contribution is -0.171. The minimum absolute atomic E-state index is 0.0875. The smallest absolute Gasteiger partial charge is 0.407 e. The van der Waals surface area contributed by atoms with Crippen LogP contribution < -0.4 is 0 Å². The highest BCUT2D eigenvalue weighted by atomic mass is 16.6. The molecule has 0 spiro atoms. The van der Waals surface area contributed by atoms with Gasteiger partial charge in [-0.2, -0.15) is 0 Å². The van der Waals surface area contributed by atoms with E-state index in [9.17, 15) is 9.90 Å². The summed E-state index contributed by atoms with van der Waals surface area (Å²) in [6, 6.07) is -0.142. The number of amides is 1. The van der Waals surface area contributed by atoms with Gasteiger partial charge in [0, 0.05) is 19.5 Å². The molecule has 0 aromatic heterocycles. The largest absolute Gasteiger partial charge is 0.465 e. The van der Waals surface area contributed by atoms with Crippen LogP contribution in [0.2, 0.25) is 0 Å². The van der Waals surface area contributed by atoms with Gasteiger partial charge in [-0.1, -0.05) is 0 Å². The first-order chi connectivity index (χ1) is 6.00. The molecule has 0 radical (unpaired) electrons. The molecule has 0 bridgehead atoms. The van der Waals surface area contributed by atoms with Crippen molar-refractivity contribution in [3.63, 3.8) is 0 Å². The molecular formula is C8H15NO4. The van der Waals surface area contributed by atoms with Gasteiger partial charge >= 0.3 is 6.09 Å². The molecule has 5 nitrogen and oxygen atoms in total. The van der Waals surface area contributed by atoms with Crippen molar-refractivity contribution >= 4 is 6.09 Å². The summed E-state index contributed by atoms with van der Waals surface area (Å²) in [5.41, 5.74) is 0. The SMILES string of the molecule is CC1CC(N(C)C(=O)O)CC(O)O1. The van der Waals surface area contributed by atoms with Crippen LogP contribution in [0.25, 0.3) is 0 Å². The predicted molar refractivity (Wildman–Crippen MR) is 45.4 cm³/mol. The Morgan fingerprint density at radius 1 is 1.54 bits per heavy atom. The second kappa shape index (κ2) is 3.93. The lowest BCUT2D eigenvalue weighted by Gasteiger charge is -2.35. The third-order valence-corrected chi connectivity index (χ3v) is 2.32. The zero-order valence-electron chi connectivity index (χ0n) is 7.80. The van der Waals surface area contributed by atoms with Gasteiger partial charge in [0.05, 0.1) is 6.10 Å². The fourth-order valence-corrected chi connectivity index (χ4v) is 1.56. The molecule has 0 aliphatic carbocycles. The molecule has 0 aromatic carbocycles. The van der Waals surface area contributed by atoms with E-state index in [1.807, 2.05) is 6.92 Å². The predicted octanol–water partition coefficient (Wildman–Crippen LogP) is 0.482. The normalized spacial score (nSPS) is 34.2. The number of aliphatic hydroxyl groups excluding tert-OH is 1. The molecule has 1 rings (SSSR count). The number of hydrogen-bond acceptors (Lipinski definition) is 3. The van der Waals surface area contributed by atoms with Crippen molar-refractivity contribution in [3.05, 3.63) is 0 Å². The van der Waals surface area contributed by atoms with Gasteiger partial charge in [0.25, 0.3) is 0 Å². The summed E-state index contributed by atoms with van der Waals surface area (Å²) in [4.78, 5) is 11.8. The molecule has 76 valence electrons. The van der Waals surface area contributed by atoms with E-state index in [0.717, 1.165) is 0 Å². The molecule has 1 aliphatic heterocycles. The van der Waals surface area contributed by atoms with Crippen LogP contribution in [0.3, 0.4) is 0 Å². The summed E-state index contributed by atoms with van der Waals surface area (Å²) >= 11 is 0. The fraction of sp³-hybridized carbons (Fsp3) is 0.875. The van der Waals surface area contributed by atoms with E-state index in [1.54, 1.807) is 0 Å². The highest BCUT2D eigenvalue weighted by Crippen LogP contribution is 2.21. The fourth-order valence-electron chi connectivity index (χ4n) is 1.56. The van der Waals surface area contributed by atoms with E-state index in [4.69, 9.17) is 9.84 Å². The van der Waals surface area contributed by atoms with Gasteiger partial charge in [-0.25, -0.2) is 4.79 Å². The van der Waals surface area contributed by atoms with Crippen molar-refractivity contribution in [2.75, 3.05) is 7.05 Å². The molecule has 1 amide bonds. The van der Waals surface area contributed by atoms with E-state index in [2.05, 4.69) is 0 Å². The topological polar surface area (TPSA) is 70.0 Å². The van der Waals surface area contributed by atoms with E-state index >= 15 is 0 Å². The maximum Gasteiger partial charge on any atom is 0.407 e. The average molecular weight is 189 g/mol. The molecule has 1 fully saturated rings. The van der Waals surface area contributed by atoms with E-state index < -0.39 is 12.4 Å². The zero-order valence-corrected chi connectivity index (χ0v) is 7.80. The quantitative estimate of drug-likeness (QED) is 0.629. The van der Waals surface area contributed by atoms with Crippen LogP contribution in [0.15, 0.2) is 0 Å². The Morgan fingerprint density at radius 3 is 2.62 bits per heavy atom. The van der Waals surface area contributed by atoms with E-state index in [1.165, 1.54) is 11.9 Å². The van der Waals surface area contributed by atoms with Gasteiger partial charge in [-0.05, 0) is 13.3 Å². The van der Waals surface area contributed by atoms with Crippen LogP contribution in [-0.2, 0) is 4.74 Å². The minimum Gasteiger partial charge on any atom is -0.465 e. The van der Waals surface area contributed by atoms with Gasteiger partial charge in [-0.15, -0.1) is 0 Å². The number of carbonyl (C=O) groups is 1. The summed E-state index contributed by atoms with van der Waals surface area (Å²) in [6.45, 7) is 1.82. The second-order valence-electron chi connectivity index (χ2n) is 3.42. The third kappa shape index (κ3) is 2.57. The Morgan fingerprint density at radius 2 is 2.15 bits per heavy atom. The first kappa shape index (κ1) is 10.3. The maximum atomic E-state index is 10.6. The molecule has 1 saturated heterocycles. The first-order valence-corrected chi connectivity index (χ1v) is 4.30. The van der Waals surface area contributed by atoms with Gasteiger partial charge in [0.2, 0.25) is 0 Å². The molecule has 3 unspecified atom stereocenters. The maximum absolute atomic E-state index is 10.6. The van der Waals surface area contributed by atoms with Crippen molar-refractivity contribution in [3.8, 4) is 0 Å². The van der Waals surface area contributed by atoms with Gasteiger partial charge < -0.3 is 19.8 Å². The molecule has 0 saturated carbocycles. The lowest BCUT2D eigenvalue weighted by Crippen LogP contribution is -2.45. The van der Waals surface area contributed by atoms with Crippen LogP contribution in [0, 0.1) is 0 Å². The van der Waals surface area contributed by atoms with Crippen molar-refractivity contribution in [1.82, 2.24) is 4.90 Å².